The van der Waals surface area contributed by atoms with Gasteiger partial charge in [-0.25, -0.2) is 0 Å². The molecule has 15 heavy (non-hydrogen) atoms. The van der Waals surface area contributed by atoms with Crippen LogP contribution in [0.4, 0.5) is 0 Å². The van der Waals surface area contributed by atoms with Crippen LogP contribution in [0.25, 0.3) is 5.70 Å². The lowest BCUT2D eigenvalue weighted by molar-refractivity contribution is 1.13. The van der Waals surface area contributed by atoms with Gasteiger partial charge in [-0.1, -0.05) is 0 Å². The average molecular weight is 236 g/mol. The smallest absolute Gasteiger partial charge is 0.0966 e. The lowest BCUT2D eigenvalue weighted by atomic mass is 10.2. The molecule has 4 heteroatoms. The molecule has 0 aromatic carbocycles. The second-order valence-electron chi connectivity index (χ2n) is 3.51. The van der Waals surface area contributed by atoms with E-state index in [-0.39, 0.29) is 0 Å². The Morgan fingerprint density at radius 3 is 3.07 bits per heavy atom. The van der Waals surface area contributed by atoms with Crippen LogP contribution in [0, 0.1) is 11.3 Å². The van der Waals surface area contributed by atoms with E-state index >= 15 is 0 Å². The number of hydrogen-bond acceptors (Lipinski definition) is 4. The molecular weight excluding hydrogens is 224 g/mol. The molecule has 0 aliphatic carbocycles. The number of nitriles is 1. The summed E-state index contributed by atoms with van der Waals surface area (Å²) in [6.45, 7) is 1.77. The minimum Gasteiger partial charge on any atom is -0.397 e. The van der Waals surface area contributed by atoms with Crippen LogP contribution in [0.2, 0.25) is 0 Å². The van der Waals surface area contributed by atoms with Crippen molar-refractivity contribution in [3.63, 3.8) is 0 Å². The van der Waals surface area contributed by atoms with Gasteiger partial charge in [0.15, 0.2) is 0 Å². The summed E-state index contributed by atoms with van der Waals surface area (Å²) in [5.74, 6) is 2.29. The summed E-state index contributed by atoms with van der Waals surface area (Å²) in [5.41, 5.74) is 8.58. The second kappa shape index (κ2) is 4.30. The Hall–Kier alpha value is -0.920. The molecular formula is C11H12N2S2. The van der Waals surface area contributed by atoms with Crippen molar-refractivity contribution in [3.05, 3.63) is 27.0 Å². The van der Waals surface area contributed by atoms with Crippen molar-refractivity contribution in [2.45, 2.75) is 19.1 Å². The molecule has 2 nitrogen and oxygen atoms in total. The van der Waals surface area contributed by atoms with E-state index < -0.39 is 0 Å². The molecule has 0 spiro atoms. The number of allylic oxidation sites excluding steroid dienone is 1. The standard InChI is InChI=1S/C11H12N2S2/c1-7(5-12)11(13)10-4-8-6-14-3-2-9(8)15-10/h4H,2-3,6,13H2,1H3. The Bertz CT molecular complexity index is 428. The number of aryl methyl sites for hydroxylation is 1. The number of thioether (sulfide) groups is 1. The minimum atomic E-state index is 0.612. The fourth-order valence-electron chi connectivity index (χ4n) is 1.52. The summed E-state index contributed by atoms with van der Waals surface area (Å²) in [7, 11) is 0. The highest BCUT2D eigenvalue weighted by Gasteiger charge is 2.15. The number of hydrogen-bond donors (Lipinski definition) is 1. The van der Waals surface area contributed by atoms with Crippen molar-refractivity contribution < 1.29 is 0 Å². The predicted octanol–water partition coefficient (Wildman–Crippen LogP) is 2.75. The van der Waals surface area contributed by atoms with Crippen LogP contribution < -0.4 is 5.73 Å². The van der Waals surface area contributed by atoms with Gasteiger partial charge < -0.3 is 5.73 Å². The van der Waals surface area contributed by atoms with E-state index in [1.54, 1.807) is 18.3 Å². The minimum absolute atomic E-state index is 0.612. The maximum absolute atomic E-state index is 8.78. The van der Waals surface area contributed by atoms with Gasteiger partial charge in [0.05, 0.1) is 22.2 Å². The van der Waals surface area contributed by atoms with Crippen molar-refractivity contribution in [2.75, 3.05) is 5.75 Å². The third kappa shape index (κ3) is 2.04. The molecule has 0 unspecified atom stereocenters. The second-order valence-corrected chi connectivity index (χ2v) is 5.75. The highest BCUT2D eigenvalue weighted by Crippen LogP contribution is 2.34. The maximum atomic E-state index is 8.78. The molecule has 2 heterocycles. The summed E-state index contributed by atoms with van der Waals surface area (Å²) in [5, 5.41) is 8.78. The van der Waals surface area contributed by atoms with Crippen LogP contribution >= 0.6 is 23.1 Å². The first-order valence-electron chi connectivity index (χ1n) is 4.78. The molecule has 1 aliphatic rings. The van der Waals surface area contributed by atoms with Crippen LogP contribution in [0.15, 0.2) is 11.6 Å². The fourth-order valence-corrected chi connectivity index (χ4v) is 3.91. The van der Waals surface area contributed by atoms with E-state index in [4.69, 9.17) is 11.0 Å². The summed E-state index contributed by atoms with van der Waals surface area (Å²) < 4.78 is 0. The number of nitrogens with two attached hydrogens (primary N) is 1. The molecule has 0 saturated heterocycles. The molecule has 0 amide bonds. The van der Waals surface area contributed by atoms with Gasteiger partial charge >= 0.3 is 0 Å². The Labute approximate surface area is 97.8 Å². The maximum Gasteiger partial charge on any atom is 0.0966 e. The Balaban J connectivity index is 2.39. The Morgan fingerprint density at radius 1 is 1.60 bits per heavy atom. The molecule has 1 aromatic rings. The van der Waals surface area contributed by atoms with Gasteiger partial charge in [0.25, 0.3) is 0 Å². The predicted molar refractivity (Wildman–Crippen MR) is 66.6 cm³/mol. The number of fused-ring (bicyclic) bond motifs is 1. The Kier molecular flexibility index (Phi) is 3.03. The van der Waals surface area contributed by atoms with E-state index in [1.165, 1.54) is 16.2 Å². The largest absolute Gasteiger partial charge is 0.397 e. The van der Waals surface area contributed by atoms with E-state index in [0.29, 0.717) is 11.3 Å². The van der Waals surface area contributed by atoms with E-state index in [1.807, 2.05) is 11.8 Å². The van der Waals surface area contributed by atoms with Crippen molar-refractivity contribution in [3.8, 4) is 6.07 Å². The fraction of sp³-hybridized carbons (Fsp3) is 0.364. The first-order chi connectivity index (χ1) is 7.22. The van der Waals surface area contributed by atoms with Crippen molar-refractivity contribution in [1.82, 2.24) is 0 Å². The quantitative estimate of drug-likeness (QED) is 0.763. The zero-order chi connectivity index (χ0) is 10.8. The van der Waals surface area contributed by atoms with Crippen LogP contribution in [0.3, 0.4) is 0 Å². The molecule has 0 radical (unpaired) electrons. The van der Waals surface area contributed by atoms with E-state index in [2.05, 4.69) is 12.1 Å². The molecule has 0 saturated carbocycles. The topological polar surface area (TPSA) is 49.8 Å². The third-order valence-corrected chi connectivity index (χ3v) is 4.74. The molecule has 0 atom stereocenters. The molecule has 1 aliphatic heterocycles. The highest BCUT2D eigenvalue weighted by atomic mass is 32.2. The monoisotopic (exact) mass is 236 g/mol. The Morgan fingerprint density at radius 2 is 2.40 bits per heavy atom. The van der Waals surface area contributed by atoms with Gasteiger partial charge in [-0.3, -0.25) is 0 Å². The van der Waals surface area contributed by atoms with Crippen LogP contribution in [0.1, 0.15) is 22.2 Å². The van der Waals surface area contributed by atoms with Gasteiger partial charge in [0.1, 0.15) is 0 Å². The van der Waals surface area contributed by atoms with Gasteiger partial charge in [-0.2, -0.15) is 17.0 Å². The van der Waals surface area contributed by atoms with Crippen LogP contribution in [-0.2, 0) is 12.2 Å². The lowest BCUT2D eigenvalue weighted by Gasteiger charge is -2.08. The van der Waals surface area contributed by atoms with E-state index in [9.17, 15) is 0 Å². The molecule has 1 aromatic heterocycles. The highest BCUT2D eigenvalue weighted by molar-refractivity contribution is 7.98. The summed E-state index contributed by atoms with van der Waals surface area (Å²) in [6, 6.07) is 4.24. The molecule has 78 valence electrons. The first-order valence-corrected chi connectivity index (χ1v) is 6.75. The summed E-state index contributed by atoms with van der Waals surface area (Å²) >= 11 is 3.70. The van der Waals surface area contributed by atoms with Gasteiger partial charge in [0.2, 0.25) is 0 Å². The lowest BCUT2D eigenvalue weighted by Crippen LogP contribution is -1.96. The van der Waals surface area contributed by atoms with Crippen molar-refractivity contribution in [2.24, 2.45) is 5.73 Å². The van der Waals surface area contributed by atoms with Crippen molar-refractivity contribution >= 4 is 28.8 Å². The molecule has 2 N–H and O–H groups in total. The number of thiophene rings is 1. The van der Waals surface area contributed by atoms with Crippen molar-refractivity contribution in [1.29, 1.82) is 5.26 Å². The number of rotatable bonds is 1. The van der Waals surface area contributed by atoms with Gasteiger partial charge in [0, 0.05) is 10.6 Å². The van der Waals surface area contributed by atoms with E-state index in [0.717, 1.165) is 17.1 Å². The first kappa shape index (κ1) is 10.6. The zero-order valence-electron chi connectivity index (χ0n) is 8.54. The zero-order valence-corrected chi connectivity index (χ0v) is 10.2. The molecule has 0 fully saturated rings. The SMILES string of the molecule is CC(C#N)=C(N)c1cc2c(s1)CCSC2. The third-order valence-electron chi connectivity index (χ3n) is 2.46. The summed E-state index contributed by atoms with van der Waals surface area (Å²) in [6.07, 6.45) is 1.14. The average Bonchev–Trinajstić information content (AvgIpc) is 2.70. The van der Waals surface area contributed by atoms with Gasteiger partial charge in [-0.15, -0.1) is 11.3 Å². The van der Waals surface area contributed by atoms with Crippen LogP contribution in [-0.4, -0.2) is 5.75 Å². The normalized spacial score (nSPS) is 16.5. The van der Waals surface area contributed by atoms with Gasteiger partial charge in [-0.05, 0) is 30.7 Å². The molecule has 2 rings (SSSR count). The molecule has 0 bridgehead atoms. The summed E-state index contributed by atoms with van der Waals surface area (Å²) in [4.78, 5) is 2.50. The number of nitrogens with zero attached hydrogens (tertiary/aromatic N) is 1. The van der Waals surface area contributed by atoms with Crippen LogP contribution in [0.5, 0.6) is 0 Å².